The van der Waals surface area contributed by atoms with Gasteiger partial charge in [0.15, 0.2) is 0 Å². The molecule has 0 unspecified atom stereocenters. The largest absolute Gasteiger partial charge is 0.277 e. The molecule has 7 heteroatoms. The molecule has 5 nitrogen and oxygen atoms in total. The summed E-state index contributed by atoms with van der Waals surface area (Å²) in [6.07, 6.45) is 3.21. The quantitative estimate of drug-likeness (QED) is 0.541. The van der Waals surface area contributed by atoms with Gasteiger partial charge in [0.05, 0.1) is 16.7 Å². The van der Waals surface area contributed by atoms with Gasteiger partial charge in [-0.1, -0.05) is 40.2 Å². The Morgan fingerprint density at radius 1 is 0.840 bits per heavy atom. The Morgan fingerprint density at radius 3 is 2.40 bits per heavy atom. The third-order valence-corrected chi connectivity index (χ3v) is 5.93. The van der Waals surface area contributed by atoms with E-state index in [9.17, 15) is 8.42 Å². The first-order valence-electron chi connectivity index (χ1n) is 7.46. The number of aromatic nitrogens is 2. The molecule has 4 rings (SSSR count). The lowest BCUT2D eigenvalue weighted by Gasteiger charge is -2.12. The Morgan fingerprint density at radius 2 is 1.56 bits per heavy atom. The van der Waals surface area contributed by atoms with Crippen LogP contribution in [0, 0.1) is 0 Å². The van der Waals surface area contributed by atoms with Gasteiger partial charge in [0.2, 0.25) is 0 Å². The number of hydrogen-bond acceptors (Lipinski definition) is 4. The van der Waals surface area contributed by atoms with E-state index >= 15 is 0 Å². The maximum absolute atomic E-state index is 13.0. The Bertz CT molecular complexity index is 1200. The molecule has 2 aromatic carbocycles. The van der Waals surface area contributed by atoms with E-state index in [2.05, 4.69) is 30.6 Å². The molecule has 0 atom stereocenters. The number of benzene rings is 2. The Labute approximate surface area is 152 Å². The fourth-order valence-electron chi connectivity index (χ4n) is 2.71. The first-order chi connectivity index (χ1) is 12.1. The van der Waals surface area contributed by atoms with Crippen molar-refractivity contribution in [1.29, 1.82) is 0 Å². The van der Waals surface area contributed by atoms with Crippen LogP contribution in [0.25, 0.3) is 21.8 Å². The molecule has 0 aliphatic carbocycles. The fraction of sp³-hybridized carbons (Fsp3) is 0. The minimum absolute atomic E-state index is 0.137. The van der Waals surface area contributed by atoms with Gasteiger partial charge < -0.3 is 0 Å². The van der Waals surface area contributed by atoms with Crippen LogP contribution in [0.2, 0.25) is 0 Å². The van der Waals surface area contributed by atoms with Crippen LogP contribution in [0.4, 0.5) is 5.69 Å². The van der Waals surface area contributed by atoms with E-state index in [0.717, 1.165) is 15.2 Å². The lowest BCUT2D eigenvalue weighted by molar-refractivity contribution is 0.602. The van der Waals surface area contributed by atoms with Gasteiger partial charge >= 0.3 is 0 Å². The highest BCUT2D eigenvalue weighted by molar-refractivity contribution is 9.10. The molecular formula is C18H12BrN3O2S. The second-order valence-corrected chi connectivity index (χ2v) is 7.94. The first-order valence-corrected chi connectivity index (χ1v) is 9.74. The molecular weight excluding hydrogens is 402 g/mol. The van der Waals surface area contributed by atoms with E-state index in [1.807, 2.05) is 18.2 Å². The zero-order valence-electron chi connectivity index (χ0n) is 12.8. The monoisotopic (exact) mass is 413 g/mol. The summed E-state index contributed by atoms with van der Waals surface area (Å²) >= 11 is 3.46. The predicted molar refractivity (Wildman–Crippen MR) is 102 cm³/mol. The normalized spacial score (nSPS) is 11.7. The van der Waals surface area contributed by atoms with Crippen molar-refractivity contribution < 1.29 is 8.42 Å². The number of sulfonamides is 1. The standard InChI is InChI=1S/C18H12BrN3O2S/c19-14-8-9-15(18-13(14)6-3-11-21-18)22-25(23,24)16-7-1-4-12-5-2-10-20-17(12)16/h1-11,22H. The SMILES string of the molecule is O=S(=O)(Nc1ccc(Br)c2cccnc12)c1cccc2cccnc12. The Balaban J connectivity index is 1.87. The van der Waals surface area contributed by atoms with Gasteiger partial charge in [-0.15, -0.1) is 0 Å². The van der Waals surface area contributed by atoms with Crippen LogP contribution in [-0.4, -0.2) is 18.4 Å². The molecule has 0 bridgehead atoms. The van der Waals surface area contributed by atoms with Gasteiger partial charge in [-0.25, -0.2) is 8.42 Å². The molecule has 0 fully saturated rings. The van der Waals surface area contributed by atoms with Crippen molar-refractivity contribution in [3.8, 4) is 0 Å². The van der Waals surface area contributed by atoms with Crippen molar-refractivity contribution in [2.45, 2.75) is 4.90 Å². The van der Waals surface area contributed by atoms with Crippen molar-refractivity contribution in [2.24, 2.45) is 0 Å². The number of pyridine rings is 2. The average molecular weight is 414 g/mol. The highest BCUT2D eigenvalue weighted by Crippen LogP contribution is 2.30. The third kappa shape index (κ3) is 2.85. The lowest BCUT2D eigenvalue weighted by Crippen LogP contribution is -2.14. The summed E-state index contributed by atoms with van der Waals surface area (Å²) in [5, 5.41) is 1.60. The van der Waals surface area contributed by atoms with Crippen molar-refractivity contribution in [3.05, 3.63) is 71.5 Å². The van der Waals surface area contributed by atoms with Gasteiger partial charge in [0.1, 0.15) is 4.90 Å². The minimum Gasteiger partial charge on any atom is -0.277 e. The van der Waals surface area contributed by atoms with Crippen molar-refractivity contribution in [2.75, 3.05) is 4.72 Å². The highest BCUT2D eigenvalue weighted by Gasteiger charge is 2.20. The summed E-state index contributed by atoms with van der Waals surface area (Å²) < 4.78 is 29.4. The number of fused-ring (bicyclic) bond motifs is 2. The number of nitrogens with one attached hydrogen (secondary N) is 1. The molecule has 0 amide bonds. The topological polar surface area (TPSA) is 72.0 Å². The third-order valence-electron chi connectivity index (χ3n) is 3.85. The van der Waals surface area contributed by atoms with Crippen molar-refractivity contribution >= 4 is 53.4 Å². The summed E-state index contributed by atoms with van der Waals surface area (Å²) in [6, 6.07) is 15.9. The molecule has 124 valence electrons. The van der Waals surface area contributed by atoms with Crippen LogP contribution in [0.1, 0.15) is 0 Å². The van der Waals surface area contributed by atoms with Crippen molar-refractivity contribution in [3.63, 3.8) is 0 Å². The van der Waals surface area contributed by atoms with Crippen molar-refractivity contribution in [1.82, 2.24) is 9.97 Å². The smallest absolute Gasteiger partial charge is 0.264 e. The molecule has 0 aliphatic rings. The second-order valence-electron chi connectivity index (χ2n) is 5.43. The maximum atomic E-state index is 13.0. The number of hydrogen-bond donors (Lipinski definition) is 1. The van der Waals surface area contributed by atoms with E-state index in [4.69, 9.17) is 0 Å². The lowest BCUT2D eigenvalue weighted by atomic mass is 10.2. The van der Waals surface area contributed by atoms with E-state index < -0.39 is 10.0 Å². The number of para-hydroxylation sites is 1. The van der Waals surface area contributed by atoms with Crippen LogP contribution < -0.4 is 4.72 Å². The summed E-state index contributed by atoms with van der Waals surface area (Å²) in [4.78, 5) is 8.67. The molecule has 0 saturated carbocycles. The average Bonchev–Trinajstić information content (AvgIpc) is 2.64. The summed E-state index contributed by atoms with van der Waals surface area (Å²) in [6.45, 7) is 0. The number of anilines is 1. The maximum Gasteiger partial charge on any atom is 0.264 e. The molecule has 0 spiro atoms. The van der Waals surface area contributed by atoms with Crippen LogP contribution in [0.5, 0.6) is 0 Å². The van der Waals surface area contributed by atoms with Crippen LogP contribution in [0.15, 0.2) is 76.4 Å². The van der Waals surface area contributed by atoms with E-state index in [-0.39, 0.29) is 4.90 Å². The second kappa shape index (κ2) is 6.09. The Kier molecular flexibility index (Phi) is 3.89. The number of halogens is 1. The summed E-state index contributed by atoms with van der Waals surface area (Å²) in [7, 11) is -3.81. The van der Waals surface area contributed by atoms with E-state index in [1.54, 1.807) is 48.8 Å². The van der Waals surface area contributed by atoms with Gasteiger partial charge in [-0.3, -0.25) is 14.7 Å². The predicted octanol–water partition coefficient (Wildman–Crippen LogP) is 4.35. The zero-order valence-corrected chi connectivity index (χ0v) is 15.3. The summed E-state index contributed by atoms with van der Waals surface area (Å²) in [5.41, 5.74) is 1.44. The Hall–Kier alpha value is -2.51. The van der Waals surface area contributed by atoms with E-state index in [1.165, 1.54) is 0 Å². The van der Waals surface area contributed by atoms with Crippen LogP contribution in [-0.2, 0) is 10.0 Å². The molecule has 1 N–H and O–H groups in total. The highest BCUT2D eigenvalue weighted by atomic mass is 79.9. The zero-order chi connectivity index (χ0) is 17.4. The van der Waals surface area contributed by atoms with Gasteiger partial charge in [-0.05, 0) is 30.3 Å². The first kappa shape index (κ1) is 16.0. The van der Waals surface area contributed by atoms with Gasteiger partial charge in [0.25, 0.3) is 10.0 Å². The van der Waals surface area contributed by atoms with Gasteiger partial charge in [0, 0.05) is 27.6 Å². The molecule has 0 radical (unpaired) electrons. The van der Waals surface area contributed by atoms with Crippen LogP contribution in [0.3, 0.4) is 0 Å². The summed E-state index contributed by atoms with van der Waals surface area (Å²) in [5.74, 6) is 0. The molecule has 4 aromatic rings. The number of rotatable bonds is 3. The minimum atomic E-state index is -3.81. The van der Waals surface area contributed by atoms with Crippen LogP contribution >= 0.6 is 15.9 Å². The molecule has 2 aromatic heterocycles. The van der Waals surface area contributed by atoms with E-state index in [0.29, 0.717) is 16.7 Å². The fourth-order valence-corrected chi connectivity index (χ4v) is 4.41. The molecule has 2 heterocycles. The molecule has 0 aliphatic heterocycles. The van der Waals surface area contributed by atoms with Gasteiger partial charge in [-0.2, -0.15) is 0 Å². The molecule has 0 saturated heterocycles. The molecule has 25 heavy (non-hydrogen) atoms. The number of nitrogens with zero attached hydrogens (tertiary/aromatic N) is 2.